The van der Waals surface area contributed by atoms with E-state index in [1.807, 2.05) is 12.2 Å². The fourth-order valence-corrected chi connectivity index (χ4v) is 4.44. The fourth-order valence-electron chi connectivity index (χ4n) is 3.86. The van der Waals surface area contributed by atoms with Crippen molar-refractivity contribution in [1.29, 1.82) is 0 Å². The summed E-state index contributed by atoms with van der Waals surface area (Å²) in [4.78, 5) is 14.5. The Kier molecular flexibility index (Phi) is 17.9. The molecule has 0 aromatic rings. The van der Waals surface area contributed by atoms with E-state index in [1.54, 1.807) is 9.48 Å². The summed E-state index contributed by atoms with van der Waals surface area (Å²) in [6.07, 6.45) is 13.7. The maximum absolute atomic E-state index is 12.8. The number of aliphatic hydroxyl groups excluding tert-OH is 2. The predicted molar refractivity (Wildman–Crippen MR) is 120 cm³/mol. The van der Waals surface area contributed by atoms with Crippen molar-refractivity contribution in [2.24, 2.45) is 0 Å². The Labute approximate surface area is 215 Å². The standard InChI is InChI=1S/C22H40N2O6S.Na/c1-2-3-4-5-6-7-8-9-10-11-12-13-21(27)22-23(16-17-25)14-15-24(22)18-20(26)19-31(28,29)30;/h11-12,20,25-26H,2-10,13-19H2,1H3;/q;+1/b12-11+;. The molecule has 0 spiro atoms. The number of Topliss-reactive ketones (excluding diaryl/α,β-unsaturated/α-hetero) is 1. The maximum Gasteiger partial charge on any atom is 1.00 e. The second-order valence-electron chi connectivity index (χ2n) is 8.22. The zero-order valence-corrected chi connectivity index (χ0v) is 22.7. The molecule has 0 saturated heterocycles. The van der Waals surface area contributed by atoms with Crippen LogP contribution in [-0.2, 0) is 14.9 Å². The largest absolute Gasteiger partial charge is 1.00 e. The van der Waals surface area contributed by atoms with Crippen LogP contribution in [0.4, 0.5) is 0 Å². The van der Waals surface area contributed by atoms with Gasteiger partial charge < -0.3 is 14.8 Å². The van der Waals surface area contributed by atoms with E-state index >= 15 is 0 Å². The number of aliphatic hydroxyl groups is 2. The molecule has 10 heteroatoms. The molecule has 0 aliphatic carbocycles. The number of nitrogens with zero attached hydrogens (tertiary/aromatic N) is 2. The third kappa shape index (κ3) is 14.1. The summed E-state index contributed by atoms with van der Waals surface area (Å²) in [5.74, 6) is -0.660. The molecular weight excluding hydrogens is 443 g/mol. The molecule has 0 fully saturated rings. The van der Waals surface area contributed by atoms with Gasteiger partial charge in [0.1, 0.15) is 32.3 Å². The van der Waals surface area contributed by atoms with E-state index < -0.39 is 22.0 Å². The van der Waals surface area contributed by atoms with Crippen molar-refractivity contribution in [3.63, 3.8) is 0 Å². The number of carbonyl (C=O) groups excluding carboxylic acids is 1. The van der Waals surface area contributed by atoms with E-state index in [2.05, 4.69) is 6.92 Å². The number of β-amino-alcohol motifs (C(OH)–C–C–N with tert-alkyl or cyclic N) is 2. The zero-order chi connectivity index (χ0) is 23.1. The molecular formula is C22H40N2NaO6S+. The van der Waals surface area contributed by atoms with Gasteiger partial charge in [-0.25, -0.2) is 8.42 Å². The second-order valence-corrected chi connectivity index (χ2v) is 9.67. The predicted octanol–water partition coefficient (Wildman–Crippen LogP) is -1.34. The van der Waals surface area contributed by atoms with E-state index in [1.165, 1.54) is 44.9 Å². The van der Waals surface area contributed by atoms with E-state index in [0.717, 1.165) is 12.8 Å². The Morgan fingerprint density at radius 1 is 1.16 bits per heavy atom. The summed E-state index contributed by atoms with van der Waals surface area (Å²) in [6.45, 7) is 3.22. The van der Waals surface area contributed by atoms with Gasteiger partial charge in [-0.15, -0.1) is 0 Å². The third-order valence-electron chi connectivity index (χ3n) is 5.38. The van der Waals surface area contributed by atoms with E-state index in [-0.39, 0.29) is 61.5 Å². The molecule has 1 aliphatic heterocycles. The van der Waals surface area contributed by atoms with Gasteiger partial charge in [-0.3, -0.25) is 14.3 Å². The van der Waals surface area contributed by atoms with Gasteiger partial charge in [-0.05, 0) is 12.8 Å². The minimum absolute atomic E-state index is 0. The summed E-state index contributed by atoms with van der Waals surface area (Å²) >= 11 is 0. The maximum atomic E-state index is 12.8. The van der Waals surface area contributed by atoms with Gasteiger partial charge in [0.15, 0.2) is 0 Å². The zero-order valence-electron chi connectivity index (χ0n) is 19.9. The minimum atomic E-state index is -4.55. The molecule has 1 aliphatic rings. The van der Waals surface area contributed by atoms with Crippen LogP contribution in [0, 0.1) is 0 Å². The molecule has 1 atom stereocenters. The number of hydrogen-bond acceptors (Lipinski definition) is 7. The van der Waals surface area contributed by atoms with E-state index in [0.29, 0.717) is 18.9 Å². The van der Waals surface area contributed by atoms with Gasteiger partial charge >= 0.3 is 35.4 Å². The Hall–Kier alpha value is -0.290. The molecule has 1 rings (SSSR count). The molecule has 0 aromatic carbocycles. The molecule has 0 aromatic heterocycles. The first kappa shape index (κ1) is 31.7. The fraction of sp³-hybridized carbons (Fsp3) is 0.818. The first-order valence-electron chi connectivity index (χ1n) is 11.6. The van der Waals surface area contributed by atoms with Crippen LogP contribution in [0.5, 0.6) is 0 Å². The SMILES string of the molecule is CCCCCCCCCC/C=C/CC(=O)C1=[N+](CC(O)CS(=O)(=O)[O-])CCN1CCO.[Na+]. The van der Waals surface area contributed by atoms with Gasteiger partial charge in [0.2, 0.25) is 5.78 Å². The first-order valence-corrected chi connectivity index (χ1v) is 13.1. The van der Waals surface area contributed by atoms with E-state index in [9.17, 15) is 28.0 Å². The van der Waals surface area contributed by atoms with Gasteiger partial charge in [0.05, 0.1) is 22.5 Å². The van der Waals surface area contributed by atoms with Gasteiger partial charge in [-0.1, -0.05) is 64.0 Å². The van der Waals surface area contributed by atoms with Gasteiger partial charge in [-0.2, -0.15) is 0 Å². The Morgan fingerprint density at radius 2 is 1.78 bits per heavy atom. The van der Waals surface area contributed by atoms with Crippen molar-refractivity contribution in [2.75, 3.05) is 38.5 Å². The van der Waals surface area contributed by atoms with Crippen LogP contribution in [0.25, 0.3) is 0 Å². The van der Waals surface area contributed by atoms with Crippen LogP contribution in [0.2, 0.25) is 0 Å². The van der Waals surface area contributed by atoms with Crippen molar-refractivity contribution in [3.05, 3.63) is 12.2 Å². The van der Waals surface area contributed by atoms with Crippen LogP contribution in [0.15, 0.2) is 12.2 Å². The summed E-state index contributed by atoms with van der Waals surface area (Å²) in [5.41, 5.74) is 0. The van der Waals surface area contributed by atoms with E-state index in [4.69, 9.17) is 0 Å². The number of rotatable bonds is 18. The number of allylic oxidation sites excluding steroid dienone is 2. The molecule has 0 amide bonds. The average Bonchev–Trinajstić information content (AvgIpc) is 3.06. The topological polar surface area (TPSA) is 121 Å². The van der Waals surface area contributed by atoms with Crippen LogP contribution in [0.3, 0.4) is 0 Å². The molecule has 0 saturated carbocycles. The smallest absolute Gasteiger partial charge is 0.748 e. The Bertz CT molecular complexity index is 697. The molecule has 1 heterocycles. The molecule has 0 bridgehead atoms. The Balaban J connectivity index is 0.00000961. The van der Waals surface area contributed by atoms with Crippen LogP contribution in [-0.4, -0.2) is 88.9 Å². The van der Waals surface area contributed by atoms with Crippen LogP contribution < -0.4 is 29.6 Å². The first-order chi connectivity index (χ1) is 14.8. The van der Waals surface area contributed by atoms with Crippen molar-refractivity contribution >= 4 is 21.7 Å². The van der Waals surface area contributed by atoms with Crippen LogP contribution >= 0.6 is 0 Å². The number of ketones is 1. The summed E-state index contributed by atoms with van der Waals surface area (Å²) in [5, 5.41) is 19.2. The number of hydrogen-bond donors (Lipinski definition) is 2. The molecule has 1 unspecified atom stereocenters. The summed E-state index contributed by atoms with van der Waals surface area (Å²) in [6, 6.07) is 0. The normalized spacial score (nSPS) is 15.4. The molecule has 8 nitrogen and oxygen atoms in total. The number of carbonyl (C=O) groups is 1. The quantitative estimate of drug-likeness (QED) is 0.0814. The molecule has 2 N–H and O–H groups in total. The van der Waals surface area contributed by atoms with Crippen molar-refractivity contribution in [1.82, 2.24) is 4.90 Å². The number of amidine groups is 1. The Morgan fingerprint density at radius 3 is 2.38 bits per heavy atom. The van der Waals surface area contributed by atoms with Crippen molar-refractivity contribution < 1.29 is 62.1 Å². The van der Waals surface area contributed by atoms with Crippen molar-refractivity contribution in [2.45, 2.75) is 77.2 Å². The van der Waals surface area contributed by atoms with Crippen LogP contribution in [0.1, 0.15) is 71.1 Å². The molecule has 180 valence electrons. The molecule has 0 radical (unpaired) electrons. The monoisotopic (exact) mass is 483 g/mol. The van der Waals surface area contributed by atoms with Crippen molar-refractivity contribution in [3.8, 4) is 0 Å². The third-order valence-corrected chi connectivity index (χ3v) is 6.17. The van der Waals surface area contributed by atoms with Gasteiger partial charge in [0, 0.05) is 6.42 Å². The minimum Gasteiger partial charge on any atom is -0.748 e. The van der Waals surface area contributed by atoms with Gasteiger partial charge in [0.25, 0.3) is 0 Å². The summed E-state index contributed by atoms with van der Waals surface area (Å²) in [7, 11) is -4.55. The second kappa shape index (κ2) is 18.1. The molecule has 32 heavy (non-hydrogen) atoms. The number of unbranched alkanes of at least 4 members (excludes halogenated alkanes) is 8. The average molecular weight is 484 g/mol. The summed E-state index contributed by atoms with van der Waals surface area (Å²) < 4.78 is 34.2.